The van der Waals surface area contributed by atoms with Crippen LogP contribution in [0.5, 0.6) is 0 Å². The predicted molar refractivity (Wildman–Crippen MR) is 93.1 cm³/mol. The Morgan fingerprint density at radius 1 is 1.42 bits per heavy atom. The number of nitrogens with one attached hydrogen (secondary N) is 1. The molecule has 24 heavy (non-hydrogen) atoms. The molecule has 0 bridgehead atoms. The van der Waals surface area contributed by atoms with Gasteiger partial charge in [-0.05, 0) is 55.9 Å². The van der Waals surface area contributed by atoms with Gasteiger partial charge in [-0.15, -0.1) is 0 Å². The first kappa shape index (κ1) is 19.3. The lowest BCUT2D eigenvalue weighted by Crippen LogP contribution is -2.43. The van der Waals surface area contributed by atoms with Crippen LogP contribution in [0.1, 0.15) is 53.4 Å². The van der Waals surface area contributed by atoms with Gasteiger partial charge >= 0.3 is 0 Å². The predicted octanol–water partition coefficient (Wildman–Crippen LogP) is 2.84. The Balaban J connectivity index is 2.16. The number of aliphatic hydroxyl groups is 1. The molecule has 138 valence electrons. The fourth-order valence-corrected chi connectivity index (χ4v) is 3.34. The maximum atomic E-state index is 12.5. The highest BCUT2D eigenvalue weighted by Crippen LogP contribution is 2.42. The summed E-state index contributed by atoms with van der Waals surface area (Å²) in [6, 6.07) is 0. The lowest BCUT2D eigenvalue weighted by molar-refractivity contribution is -0.179. The Morgan fingerprint density at radius 3 is 2.67 bits per heavy atom. The first-order valence-corrected chi connectivity index (χ1v) is 9.26. The lowest BCUT2D eigenvalue weighted by Gasteiger charge is -2.42. The molecule has 1 saturated carbocycles. The molecule has 0 aromatic carbocycles. The van der Waals surface area contributed by atoms with Crippen LogP contribution in [0, 0.1) is 23.2 Å². The van der Waals surface area contributed by atoms with Crippen molar-refractivity contribution in [1.82, 2.24) is 5.32 Å². The van der Waals surface area contributed by atoms with Crippen molar-refractivity contribution in [2.45, 2.75) is 59.7 Å². The molecular weight excluding hydrogens is 306 g/mol. The third kappa shape index (κ3) is 5.21. The van der Waals surface area contributed by atoms with Crippen molar-refractivity contribution in [1.29, 1.82) is 0 Å². The van der Waals surface area contributed by atoms with E-state index in [2.05, 4.69) is 26.1 Å². The molecule has 2 rings (SSSR count). The molecule has 5 heteroatoms. The first-order chi connectivity index (χ1) is 11.4. The Hall–Kier alpha value is -1.07. The smallest absolute Gasteiger partial charge is 0.286 e. The Kier molecular flexibility index (Phi) is 6.70. The number of allylic oxidation sites excluding steroid dienone is 1. The average molecular weight is 339 g/mol. The highest BCUT2D eigenvalue weighted by atomic mass is 16.7. The molecule has 2 aliphatic rings. The van der Waals surface area contributed by atoms with Gasteiger partial charge in [0.05, 0.1) is 0 Å². The molecule has 0 aromatic heterocycles. The average Bonchev–Trinajstić information content (AvgIpc) is 3.34. The van der Waals surface area contributed by atoms with Gasteiger partial charge in [0.1, 0.15) is 0 Å². The summed E-state index contributed by atoms with van der Waals surface area (Å²) in [5.74, 6) is 1.18. The third-order valence-corrected chi connectivity index (χ3v) is 4.88. The Labute approximate surface area is 145 Å². The second-order valence-electron chi connectivity index (χ2n) is 8.05. The molecule has 3 atom stereocenters. The number of rotatable bonds is 8. The van der Waals surface area contributed by atoms with Crippen molar-refractivity contribution in [2.75, 3.05) is 19.8 Å². The SMILES string of the molecule is CCO[C@H]1OC(C(=O)NCC2CC2)=C[C@@H](C(C)(C)C)[C@H]1CCCO. The highest BCUT2D eigenvalue weighted by molar-refractivity contribution is 5.91. The summed E-state index contributed by atoms with van der Waals surface area (Å²) in [5, 5.41) is 12.2. The molecule has 1 amide bonds. The molecule has 2 N–H and O–H groups in total. The normalized spacial score (nSPS) is 27.4. The summed E-state index contributed by atoms with van der Waals surface area (Å²) < 4.78 is 11.7. The van der Waals surface area contributed by atoms with Crippen LogP contribution in [0.4, 0.5) is 0 Å². The summed E-state index contributed by atoms with van der Waals surface area (Å²) in [6.07, 6.45) is 5.47. The van der Waals surface area contributed by atoms with Crippen molar-refractivity contribution in [2.24, 2.45) is 23.2 Å². The van der Waals surface area contributed by atoms with E-state index in [0.717, 1.165) is 13.0 Å². The zero-order chi connectivity index (χ0) is 17.7. The van der Waals surface area contributed by atoms with E-state index in [1.807, 2.05) is 13.0 Å². The van der Waals surface area contributed by atoms with Crippen molar-refractivity contribution < 1.29 is 19.4 Å². The van der Waals surface area contributed by atoms with Crippen LogP contribution < -0.4 is 5.32 Å². The van der Waals surface area contributed by atoms with E-state index in [0.29, 0.717) is 24.7 Å². The molecule has 5 nitrogen and oxygen atoms in total. The Morgan fingerprint density at radius 2 is 2.12 bits per heavy atom. The molecule has 1 heterocycles. The standard InChI is InChI=1S/C19H33NO4/c1-5-23-18-14(7-6-10-21)15(19(2,3)4)11-16(24-18)17(22)20-12-13-8-9-13/h11,13-15,18,21H,5-10,12H2,1-4H3,(H,20,22)/t14-,15-,18+/m1/s1. The van der Waals surface area contributed by atoms with E-state index in [1.165, 1.54) is 12.8 Å². The molecule has 0 saturated heterocycles. The van der Waals surface area contributed by atoms with E-state index in [1.54, 1.807) is 0 Å². The fourth-order valence-electron chi connectivity index (χ4n) is 3.34. The van der Waals surface area contributed by atoms with E-state index < -0.39 is 6.29 Å². The summed E-state index contributed by atoms with van der Waals surface area (Å²) in [5.41, 5.74) is -0.0126. The van der Waals surface area contributed by atoms with Crippen molar-refractivity contribution in [3.8, 4) is 0 Å². The summed E-state index contributed by atoms with van der Waals surface area (Å²) in [6.45, 7) is 9.88. The lowest BCUT2D eigenvalue weighted by atomic mass is 9.70. The number of hydrogen-bond donors (Lipinski definition) is 2. The monoisotopic (exact) mass is 339 g/mol. The van der Waals surface area contributed by atoms with E-state index >= 15 is 0 Å². The van der Waals surface area contributed by atoms with Gasteiger partial charge in [-0.25, -0.2) is 0 Å². The second-order valence-corrected chi connectivity index (χ2v) is 8.05. The van der Waals surface area contributed by atoms with Crippen LogP contribution in [-0.2, 0) is 14.3 Å². The van der Waals surface area contributed by atoms with E-state index in [-0.39, 0.29) is 29.8 Å². The Bertz CT molecular complexity index is 451. The van der Waals surface area contributed by atoms with Crippen LogP contribution in [0.15, 0.2) is 11.8 Å². The summed E-state index contributed by atoms with van der Waals surface area (Å²) in [7, 11) is 0. The van der Waals surface area contributed by atoms with Crippen LogP contribution >= 0.6 is 0 Å². The summed E-state index contributed by atoms with van der Waals surface area (Å²) in [4.78, 5) is 12.5. The van der Waals surface area contributed by atoms with Gasteiger partial charge in [0.15, 0.2) is 5.76 Å². The molecule has 0 aromatic rings. The first-order valence-electron chi connectivity index (χ1n) is 9.26. The number of aliphatic hydroxyl groups excluding tert-OH is 1. The highest BCUT2D eigenvalue weighted by Gasteiger charge is 2.42. The van der Waals surface area contributed by atoms with Gasteiger partial charge < -0.3 is 19.9 Å². The van der Waals surface area contributed by atoms with Gasteiger partial charge in [0.25, 0.3) is 5.91 Å². The maximum Gasteiger partial charge on any atom is 0.286 e. The largest absolute Gasteiger partial charge is 0.459 e. The van der Waals surface area contributed by atoms with Gasteiger partial charge in [-0.1, -0.05) is 20.8 Å². The van der Waals surface area contributed by atoms with Gasteiger partial charge in [0, 0.05) is 25.7 Å². The van der Waals surface area contributed by atoms with Crippen molar-refractivity contribution in [3.63, 3.8) is 0 Å². The van der Waals surface area contributed by atoms with Gasteiger partial charge in [0.2, 0.25) is 6.29 Å². The van der Waals surface area contributed by atoms with Crippen LogP contribution in [0.25, 0.3) is 0 Å². The maximum absolute atomic E-state index is 12.5. The van der Waals surface area contributed by atoms with Gasteiger partial charge in [-0.2, -0.15) is 0 Å². The molecular formula is C19H33NO4. The van der Waals surface area contributed by atoms with Crippen LogP contribution in [0.2, 0.25) is 0 Å². The van der Waals surface area contributed by atoms with Crippen molar-refractivity contribution >= 4 is 5.91 Å². The van der Waals surface area contributed by atoms with E-state index in [9.17, 15) is 9.90 Å². The third-order valence-electron chi connectivity index (χ3n) is 4.88. The number of amides is 1. The minimum Gasteiger partial charge on any atom is -0.459 e. The number of hydrogen-bond acceptors (Lipinski definition) is 4. The number of ether oxygens (including phenoxy) is 2. The number of carbonyl (C=O) groups is 1. The molecule has 0 unspecified atom stereocenters. The zero-order valence-corrected chi connectivity index (χ0v) is 15.5. The van der Waals surface area contributed by atoms with Crippen LogP contribution in [-0.4, -0.2) is 37.1 Å². The van der Waals surface area contributed by atoms with Crippen molar-refractivity contribution in [3.05, 3.63) is 11.8 Å². The number of carbonyl (C=O) groups excluding carboxylic acids is 1. The van der Waals surface area contributed by atoms with Gasteiger partial charge in [-0.3, -0.25) is 4.79 Å². The van der Waals surface area contributed by atoms with E-state index in [4.69, 9.17) is 9.47 Å². The quantitative estimate of drug-likeness (QED) is 0.713. The molecule has 0 spiro atoms. The topological polar surface area (TPSA) is 67.8 Å². The molecule has 1 aliphatic carbocycles. The minimum atomic E-state index is -0.433. The fraction of sp³-hybridized carbons (Fsp3) is 0.842. The van der Waals surface area contributed by atoms with Crippen LogP contribution in [0.3, 0.4) is 0 Å². The molecule has 0 radical (unpaired) electrons. The summed E-state index contributed by atoms with van der Waals surface area (Å²) >= 11 is 0. The molecule has 1 aliphatic heterocycles. The zero-order valence-electron chi connectivity index (χ0n) is 15.5. The minimum absolute atomic E-state index is 0.0126. The molecule has 1 fully saturated rings. The second kappa shape index (κ2) is 8.34.